The molecule has 1 rings (SSSR count). The molecule has 0 bridgehead atoms. The van der Waals surface area contributed by atoms with Crippen LogP contribution in [0.1, 0.15) is 18.2 Å². The van der Waals surface area contributed by atoms with Crippen LogP contribution in [0.5, 0.6) is 0 Å². The normalized spacial score (nSPS) is 12.4. The van der Waals surface area contributed by atoms with E-state index < -0.39 is 6.10 Å². The molecular formula is C7H11N3O2. The van der Waals surface area contributed by atoms with Crippen LogP contribution in [0.25, 0.3) is 0 Å². The van der Waals surface area contributed by atoms with Crippen LogP contribution < -0.4 is 5.32 Å². The minimum atomic E-state index is -0.583. The molecule has 1 aromatic rings. The first-order valence-electron chi connectivity index (χ1n) is 3.68. The number of nitrogens with one attached hydrogen (secondary N) is 2. The molecule has 0 fully saturated rings. The molecule has 0 saturated heterocycles. The van der Waals surface area contributed by atoms with E-state index in [0.717, 1.165) is 0 Å². The van der Waals surface area contributed by atoms with E-state index in [1.807, 2.05) is 0 Å². The lowest BCUT2D eigenvalue weighted by molar-refractivity contribution is -0.109. The number of hydrogen-bond donors (Lipinski definition) is 3. The molecule has 0 spiro atoms. The molecule has 0 saturated carbocycles. The number of rotatable bonds is 5. The van der Waals surface area contributed by atoms with Crippen LogP contribution in [0.4, 0.5) is 0 Å². The van der Waals surface area contributed by atoms with Crippen LogP contribution in [0.3, 0.4) is 0 Å². The van der Waals surface area contributed by atoms with Crippen LogP contribution in [-0.4, -0.2) is 28.0 Å². The molecule has 1 unspecified atom stereocenters. The molecule has 66 valence electrons. The van der Waals surface area contributed by atoms with Gasteiger partial charge in [0.05, 0.1) is 24.3 Å². The van der Waals surface area contributed by atoms with Gasteiger partial charge in [0.2, 0.25) is 6.41 Å². The van der Waals surface area contributed by atoms with Crippen LogP contribution in [0, 0.1) is 0 Å². The molecule has 0 aliphatic heterocycles. The fourth-order valence-electron chi connectivity index (χ4n) is 0.883. The predicted molar refractivity (Wildman–Crippen MR) is 42.2 cm³/mol. The van der Waals surface area contributed by atoms with E-state index in [4.69, 9.17) is 0 Å². The fraction of sp³-hybridized carbons (Fsp3) is 0.429. The van der Waals surface area contributed by atoms with E-state index in [2.05, 4.69) is 15.3 Å². The lowest BCUT2D eigenvalue weighted by Gasteiger charge is -2.06. The summed E-state index contributed by atoms with van der Waals surface area (Å²) in [5.41, 5.74) is 0.669. The molecule has 0 radical (unpaired) electrons. The quantitative estimate of drug-likeness (QED) is 0.414. The van der Waals surface area contributed by atoms with Gasteiger partial charge in [0.1, 0.15) is 0 Å². The molecule has 1 atom stereocenters. The third kappa shape index (κ3) is 2.35. The van der Waals surface area contributed by atoms with Gasteiger partial charge < -0.3 is 15.4 Å². The van der Waals surface area contributed by atoms with Crippen LogP contribution in [0.15, 0.2) is 12.5 Å². The second-order valence-electron chi connectivity index (χ2n) is 2.38. The molecule has 1 aromatic heterocycles. The van der Waals surface area contributed by atoms with Crippen molar-refractivity contribution in [3.8, 4) is 0 Å². The molecule has 3 N–H and O–H groups in total. The number of aliphatic hydroxyl groups is 1. The van der Waals surface area contributed by atoms with Crippen molar-refractivity contribution in [1.29, 1.82) is 0 Å². The largest absolute Gasteiger partial charge is 0.387 e. The summed E-state index contributed by atoms with van der Waals surface area (Å²) in [6.07, 6.45) is 3.58. The number of aromatic amines is 1. The molecule has 0 aliphatic rings. The van der Waals surface area contributed by atoms with Gasteiger partial charge in [0, 0.05) is 6.54 Å². The van der Waals surface area contributed by atoms with E-state index in [9.17, 15) is 9.90 Å². The first-order valence-corrected chi connectivity index (χ1v) is 3.68. The summed E-state index contributed by atoms with van der Waals surface area (Å²) in [6.45, 7) is 0.462. The molecule has 0 aliphatic carbocycles. The van der Waals surface area contributed by atoms with Gasteiger partial charge in [0.25, 0.3) is 0 Å². The zero-order chi connectivity index (χ0) is 8.81. The van der Waals surface area contributed by atoms with Gasteiger partial charge in [-0.3, -0.25) is 4.79 Å². The Morgan fingerprint density at radius 2 is 2.67 bits per heavy atom. The number of hydrogen-bond acceptors (Lipinski definition) is 3. The van der Waals surface area contributed by atoms with E-state index in [0.29, 0.717) is 25.1 Å². The minimum Gasteiger partial charge on any atom is -0.387 e. The maximum Gasteiger partial charge on any atom is 0.207 e. The molecular weight excluding hydrogens is 158 g/mol. The van der Waals surface area contributed by atoms with Gasteiger partial charge >= 0.3 is 0 Å². The van der Waals surface area contributed by atoms with Crippen molar-refractivity contribution in [1.82, 2.24) is 15.3 Å². The Hall–Kier alpha value is -1.36. The van der Waals surface area contributed by atoms with E-state index in [1.165, 1.54) is 6.33 Å². The highest BCUT2D eigenvalue weighted by Crippen LogP contribution is 2.10. The van der Waals surface area contributed by atoms with Crippen molar-refractivity contribution >= 4 is 6.41 Å². The third-order valence-corrected chi connectivity index (χ3v) is 1.52. The van der Waals surface area contributed by atoms with Gasteiger partial charge in [-0.25, -0.2) is 4.98 Å². The topological polar surface area (TPSA) is 78.0 Å². The average Bonchev–Trinajstić information content (AvgIpc) is 2.56. The Bertz CT molecular complexity index is 223. The number of aromatic nitrogens is 2. The Kier molecular flexibility index (Phi) is 3.28. The fourth-order valence-corrected chi connectivity index (χ4v) is 0.883. The molecule has 0 aromatic carbocycles. The molecule has 1 amide bonds. The van der Waals surface area contributed by atoms with Gasteiger partial charge in [-0.1, -0.05) is 0 Å². The molecule has 1 heterocycles. The summed E-state index contributed by atoms with van der Waals surface area (Å²) in [7, 11) is 0. The molecule has 5 nitrogen and oxygen atoms in total. The van der Waals surface area contributed by atoms with Gasteiger partial charge in [0.15, 0.2) is 0 Å². The highest BCUT2D eigenvalue weighted by molar-refractivity contribution is 5.45. The SMILES string of the molecule is O=CNCCC(O)c1cnc[nH]1. The third-order valence-electron chi connectivity index (χ3n) is 1.52. The maximum absolute atomic E-state index is 9.86. The van der Waals surface area contributed by atoms with E-state index >= 15 is 0 Å². The van der Waals surface area contributed by atoms with E-state index in [1.54, 1.807) is 6.20 Å². The second-order valence-corrected chi connectivity index (χ2v) is 2.38. The van der Waals surface area contributed by atoms with Crippen LogP contribution in [0.2, 0.25) is 0 Å². The number of imidazole rings is 1. The van der Waals surface area contributed by atoms with Crippen LogP contribution >= 0.6 is 0 Å². The monoisotopic (exact) mass is 169 g/mol. The van der Waals surface area contributed by atoms with Crippen molar-refractivity contribution in [2.24, 2.45) is 0 Å². The Morgan fingerprint density at radius 3 is 3.25 bits per heavy atom. The molecule has 12 heavy (non-hydrogen) atoms. The number of carbonyl (C=O) groups is 1. The zero-order valence-electron chi connectivity index (χ0n) is 6.53. The summed E-state index contributed by atoms with van der Waals surface area (Å²) in [6, 6.07) is 0. The lowest BCUT2D eigenvalue weighted by atomic mass is 10.2. The number of nitrogens with zero attached hydrogens (tertiary/aromatic N) is 1. The summed E-state index contributed by atoms with van der Waals surface area (Å²) >= 11 is 0. The maximum atomic E-state index is 9.86. The number of H-pyrrole nitrogens is 1. The van der Waals surface area contributed by atoms with E-state index in [-0.39, 0.29) is 0 Å². The zero-order valence-corrected chi connectivity index (χ0v) is 6.53. The Balaban J connectivity index is 2.29. The van der Waals surface area contributed by atoms with Crippen molar-refractivity contribution in [2.45, 2.75) is 12.5 Å². The van der Waals surface area contributed by atoms with Gasteiger partial charge in [-0.2, -0.15) is 0 Å². The summed E-state index contributed by atoms with van der Waals surface area (Å²) in [5, 5.41) is 11.9. The van der Waals surface area contributed by atoms with Crippen LogP contribution in [-0.2, 0) is 4.79 Å². The summed E-state index contributed by atoms with van der Waals surface area (Å²) in [5.74, 6) is 0. The van der Waals surface area contributed by atoms with Crippen molar-refractivity contribution < 1.29 is 9.90 Å². The standard InChI is InChI=1S/C7H11N3O2/c11-5-8-2-1-7(12)6-3-9-4-10-6/h3-5,7,12H,1-2H2,(H,8,11)(H,9,10). The van der Waals surface area contributed by atoms with Gasteiger partial charge in [-0.15, -0.1) is 0 Å². The highest BCUT2D eigenvalue weighted by Gasteiger charge is 2.06. The molecule has 5 heteroatoms. The second kappa shape index (κ2) is 4.50. The Morgan fingerprint density at radius 1 is 1.83 bits per heavy atom. The minimum absolute atomic E-state index is 0.462. The smallest absolute Gasteiger partial charge is 0.207 e. The van der Waals surface area contributed by atoms with Crippen molar-refractivity contribution in [2.75, 3.05) is 6.54 Å². The first kappa shape index (κ1) is 8.73. The highest BCUT2D eigenvalue weighted by atomic mass is 16.3. The summed E-state index contributed by atoms with van der Waals surface area (Å²) in [4.78, 5) is 16.4. The number of carbonyl (C=O) groups excluding carboxylic acids is 1. The number of amides is 1. The van der Waals surface area contributed by atoms with Crippen molar-refractivity contribution in [3.63, 3.8) is 0 Å². The lowest BCUT2D eigenvalue weighted by Crippen LogP contribution is -2.15. The first-order chi connectivity index (χ1) is 5.84. The Labute approximate surface area is 69.8 Å². The summed E-state index contributed by atoms with van der Waals surface area (Å²) < 4.78 is 0. The van der Waals surface area contributed by atoms with Crippen molar-refractivity contribution in [3.05, 3.63) is 18.2 Å². The number of aliphatic hydroxyl groups excluding tert-OH is 1. The average molecular weight is 169 g/mol. The van der Waals surface area contributed by atoms with Gasteiger partial charge in [-0.05, 0) is 6.42 Å². The predicted octanol–water partition coefficient (Wildman–Crippen LogP) is -0.421.